The average Bonchev–Trinajstić information content (AvgIpc) is 3.67. The van der Waals surface area contributed by atoms with E-state index in [-0.39, 0.29) is 85.7 Å². The molecule has 0 amide bonds. The van der Waals surface area contributed by atoms with Gasteiger partial charge in [-0.15, -0.1) is 0 Å². The largest absolute Gasteiger partial charge is 0.456 e. The highest BCUT2D eigenvalue weighted by Gasteiger charge is 2.18. The average molecular weight is 610 g/mol. The topological polar surface area (TPSA) is 13.1 Å². The molecule has 0 aliphatic heterocycles. The summed E-state index contributed by atoms with van der Waals surface area (Å²) in [5.74, 6) is 0. The number of fused-ring (bicyclic) bond motifs is 7. The summed E-state index contributed by atoms with van der Waals surface area (Å²) in [6, 6.07) is 22.3. The summed E-state index contributed by atoms with van der Waals surface area (Å²) < 4.78 is 124. The van der Waals surface area contributed by atoms with Crippen molar-refractivity contribution >= 4 is 65.0 Å². The predicted molar refractivity (Wildman–Crippen MR) is 200 cm³/mol. The fourth-order valence-corrected chi connectivity index (χ4v) is 6.58. The highest BCUT2D eigenvalue weighted by atomic mass is 16.3. The van der Waals surface area contributed by atoms with Gasteiger partial charge in [0.05, 0.1) is 17.8 Å². The van der Waals surface area contributed by atoms with E-state index in [4.69, 9.17) is 11.3 Å². The van der Waals surface area contributed by atoms with Crippen LogP contribution in [0.1, 0.15) is 17.8 Å². The van der Waals surface area contributed by atoms with Crippen LogP contribution in [0.2, 0.25) is 0 Å². The molecule has 0 aliphatic carbocycles. The maximum atomic E-state index is 9.74. The van der Waals surface area contributed by atoms with Crippen LogP contribution in [0.5, 0.6) is 0 Å². The monoisotopic (exact) mass is 609 g/mol. The summed E-state index contributed by atoms with van der Waals surface area (Å²) in [5, 5.41) is 3.25. The van der Waals surface area contributed by atoms with Crippen LogP contribution in [0.3, 0.4) is 0 Å². The Morgan fingerprint density at radius 1 is 0.362 bits per heavy atom. The van der Waals surface area contributed by atoms with Crippen LogP contribution >= 0.6 is 0 Å². The van der Waals surface area contributed by atoms with Crippen molar-refractivity contribution in [2.24, 2.45) is 0 Å². The summed E-state index contributed by atoms with van der Waals surface area (Å²) >= 11 is 0. The van der Waals surface area contributed by atoms with Crippen LogP contribution in [0.15, 0.2) is 174 Å². The zero-order valence-electron chi connectivity index (χ0n) is 37.6. The van der Waals surface area contributed by atoms with Gasteiger partial charge in [-0.3, -0.25) is 0 Å². The molecule has 0 aliphatic rings. The van der Waals surface area contributed by atoms with Gasteiger partial charge in [0.1, 0.15) is 11.2 Å². The van der Waals surface area contributed by atoms with E-state index in [2.05, 4.69) is 0 Å². The second kappa shape index (κ2) is 10.2. The van der Waals surface area contributed by atoms with Gasteiger partial charge < -0.3 is 4.42 Å². The second-order valence-electron chi connectivity index (χ2n) is 11.4. The Morgan fingerprint density at radius 3 is 1.62 bits per heavy atom. The van der Waals surface area contributed by atoms with Gasteiger partial charge in [0.25, 0.3) is 0 Å². The van der Waals surface area contributed by atoms with Crippen molar-refractivity contribution in [2.45, 2.75) is 0 Å². The standard InChI is InChI=1S/C46H28O/c1-2-10-32-25-35(22-19-29(32)9-1)30-17-20-31(21-18-30)45-37-13-5-7-15-39(37)46(40-16-8-6-14-38(40)45)36-23-24-43-41(27-36)42-26-33-11-3-4-12-34(33)28-44(42)47-43/h1-28H/i3D,4D,11D,12D,17D,18D,20D,21D,23D,24D,26D,27D,28D. The van der Waals surface area contributed by atoms with Crippen molar-refractivity contribution in [3.63, 3.8) is 0 Å². The van der Waals surface area contributed by atoms with E-state index in [0.717, 1.165) is 10.8 Å². The molecule has 218 valence electrons. The minimum absolute atomic E-state index is 0.00125. The minimum Gasteiger partial charge on any atom is -0.456 e. The molecule has 0 N–H and O–H groups in total. The maximum absolute atomic E-state index is 9.74. The Balaban J connectivity index is 1.30. The molecule has 1 heteroatoms. The van der Waals surface area contributed by atoms with Gasteiger partial charge in [0, 0.05) is 10.8 Å². The van der Waals surface area contributed by atoms with Gasteiger partial charge in [-0.25, -0.2) is 0 Å². The fourth-order valence-electron chi connectivity index (χ4n) is 6.58. The Morgan fingerprint density at radius 2 is 0.915 bits per heavy atom. The lowest BCUT2D eigenvalue weighted by Crippen LogP contribution is -1.91. The summed E-state index contributed by atoms with van der Waals surface area (Å²) in [7, 11) is 0. The summed E-state index contributed by atoms with van der Waals surface area (Å²) in [6.07, 6.45) is 0. The van der Waals surface area contributed by atoms with Crippen LogP contribution in [-0.2, 0) is 0 Å². The van der Waals surface area contributed by atoms with E-state index < -0.39 is 42.3 Å². The van der Waals surface area contributed by atoms with Crippen LogP contribution in [0.4, 0.5) is 0 Å². The van der Waals surface area contributed by atoms with E-state index in [9.17, 15) is 11.0 Å². The molecule has 10 aromatic rings. The van der Waals surface area contributed by atoms with E-state index >= 15 is 0 Å². The van der Waals surface area contributed by atoms with Gasteiger partial charge >= 0.3 is 0 Å². The van der Waals surface area contributed by atoms with Gasteiger partial charge in [-0.2, -0.15) is 0 Å². The molecule has 1 nitrogen and oxygen atoms in total. The van der Waals surface area contributed by atoms with Crippen LogP contribution in [-0.4, -0.2) is 0 Å². The lowest BCUT2D eigenvalue weighted by atomic mass is 9.85. The number of rotatable bonds is 3. The summed E-state index contributed by atoms with van der Waals surface area (Å²) in [4.78, 5) is 0. The lowest BCUT2D eigenvalue weighted by molar-refractivity contribution is 0.669. The second-order valence-corrected chi connectivity index (χ2v) is 11.4. The first-order valence-corrected chi connectivity index (χ1v) is 15.1. The molecule has 0 atom stereocenters. The molecule has 0 radical (unpaired) electrons. The Bertz CT molecular complexity index is 3510. The first-order valence-electron chi connectivity index (χ1n) is 21.6. The van der Waals surface area contributed by atoms with Crippen molar-refractivity contribution in [1.82, 2.24) is 0 Å². The van der Waals surface area contributed by atoms with Gasteiger partial charge in [0.2, 0.25) is 0 Å². The van der Waals surface area contributed by atoms with E-state index in [1.165, 1.54) is 0 Å². The number of hydrogen-bond donors (Lipinski definition) is 0. The van der Waals surface area contributed by atoms with Gasteiger partial charge in [-0.1, -0.05) is 139 Å². The zero-order valence-corrected chi connectivity index (χ0v) is 24.6. The lowest BCUT2D eigenvalue weighted by Gasteiger charge is -2.18. The molecule has 0 saturated heterocycles. The molecule has 1 aromatic heterocycles. The molecular formula is C46H28O. The molecule has 0 fully saturated rings. The summed E-state index contributed by atoms with van der Waals surface area (Å²) in [5.41, 5.74) is 1.08. The first kappa shape index (κ1) is 16.4. The van der Waals surface area contributed by atoms with Crippen LogP contribution < -0.4 is 0 Å². The quantitative estimate of drug-likeness (QED) is 0.182. The molecule has 9 aromatic carbocycles. The van der Waals surface area contributed by atoms with Crippen molar-refractivity contribution < 1.29 is 22.2 Å². The van der Waals surface area contributed by atoms with Crippen molar-refractivity contribution in [3.05, 3.63) is 170 Å². The van der Waals surface area contributed by atoms with Crippen LogP contribution in [0, 0.1) is 0 Å². The number of furan rings is 1. The van der Waals surface area contributed by atoms with Crippen LogP contribution in [0.25, 0.3) is 98.4 Å². The third kappa shape index (κ3) is 4.10. The van der Waals surface area contributed by atoms with E-state index in [1.807, 2.05) is 36.4 Å². The third-order valence-corrected chi connectivity index (χ3v) is 8.73. The third-order valence-electron chi connectivity index (χ3n) is 8.73. The van der Waals surface area contributed by atoms with E-state index in [1.54, 1.807) is 54.6 Å². The first-order chi connectivity index (χ1) is 28.7. The van der Waals surface area contributed by atoms with Crippen molar-refractivity contribution in [1.29, 1.82) is 0 Å². The smallest absolute Gasteiger partial charge is 0.136 e. The molecular weight excluding hydrogens is 569 g/mol. The molecule has 0 spiro atoms. The number of hydrogen-bond acceptors (Lipinski definition) is 1. The van der Waals surface area contributed by atoms with Crippen molar-refractivity contribution in [2.75, 3.05) is 0 Å². The maximum Gasteiger partial charge on any atom is 0.136 e. The number of benzene rings is 9. The Kier molecular flexibility index (Phi) is 3.55. The SMILES string of the molecule is [2H]c1c([2H])c(-c2c3ccccc3c(-c3c([2H])c([2H])c4oc5c([2H])c6c([2H])c([2H])c([2H])c([2H])c6c([2H])c5c4c3[2H])c3ccccc23)c([2H])c([2H])c1-c1ccc2ccccc2c1. The fraction of sp³-hybridized carbons (Fsp3) is 0. The summed E-state index contributed by atoms with van der Waals surface area (Å²) in [6.45, 7) is 0. The molecule has 0 bridgehead atoms. The highest BCUT2D eigenvalue weighted by Crippen LogP contribution is 2.45. The normalized spacial score (nSPS) is 15.7. The van der Waals surface area contributed by atoms with Gasteiger partial charge in [-0.05, 0) is 107 Å². The molecule has 1 heterocycles. The molecule has 0 saturated carbocycles. The van der Waals surface area contributed by atoms with Gasteiger partial charge in [0.15, 0.2) is 0 Å². The molecule has 47 heavy (non-hydrogen) atoms. The Hall–Kier alpha value is -6.18. The highest BCUT2D eigenvalue weighted by molar-refractivity contribution is 6.22. The van der Waals surface area contributed by atoms with E-state index in [0.29, 0.717) is 38.2 Å². The minimum atomic E-state index is -0.586. The predicted octanol–water partition coefficient (Wildman–Crippen LogP) is 13.2. The Labute approximate surface area is 290 Å². The zero-order chi connectivity index (χ0) is 42.2. The molecule has 0 unspecified atom stereocenters. The molecule has 10 rings (SSSR count). The van der Waals surface area contributed by atoms with Crippen molar-refractivity contribution in [3.8, 4) is 33.4 Å².